The van der Waals surface area contributed by atoms with Crippen LogP contribution in [-0.4, -0.2) is 6.29 Å². The van der Waals surface area contributed by atoms with Crippen LogP contribution >= 0.6 is 23.2 Å². The molecule has 2 aromatic rings. The van der Waals surface area contributed by atoms with Crippen LogP contribution in [0.3, 0.4) is 0 Å². The van der Waals surface area contributed by atoms with E-state index in [2.05, 4.69) is 5.32 Å². The summed E-state index contributed by atoms with van der Waals surface area (Å²) in [5.41, 5.74) is 3.30. The van der Waals surface area contributed by atoms with E-state index in [-0.39, 0.29) is 0 Å². The minimum absolute atomic E-state index is 0.432. The lowest BCUT2D eigenvalue weighted by atomic mass is 10.1. The van der Waals surface area contributed by atoms with E-state index in [0.717, 1.165) is 23.2 Å². The molecule has 0 aromatic heterocycles. The second-order valence-electron chi connectivity index (χ2n) is 3.94. The third kappa shape index (κ3) is 2.84. The number of hydrogen-bond acceptors (Lipinski definition) is 2. The Morgan fingerprint density at radius 3 is 2.50 bits per heavy atom. The summed E-state index contributed by atoms with van der Waals surface area (Å²) in [4.78, 5) is 10.7. The van der Waals surface area contributed by atoms with Crippen molar-refractivity contribution in [2.24, 2.45) is 0 Å². The maximum atomic E-state index is 10.7. The number of halogens is 2. The molecule has 0 heterocycles. The molecular weight excluding hydrogens is 269 g/mol. The van der Waals surface area contributed by atoms with Crippen LogP contribution in [0.1, 0.15) is 15.9 Å². The Hall–Kier alpha value is -1.51. The van der Waals surface area contributed by atoms with E-state index in [1.165, 1.54) is 0 Å². The molecule has 0 aliphatic heterocycles. The third-order valence-corrected chi connectivity index (χ3v) is 3.16. The van der Waals surface area contributed by atoms with Gasteiger partial charge in [-0.3, -0.25) is 4.79 Å². The first-order valence-electron chi connectivity index (χ1n) is 5.38. The zero-order valence-electron chi connectivity index (χ0n) is 9.71. The molecular formula is C14H11Cl2NO. The number of carbonyl (C=O) groups is 1. The molecule has 2 aromatic carbocycles. The normalized spacial score (nSPS) is 10.2. The number of aryl methyl sites for hydroxylation is 1. The molecule has 0 amide bonds. The number of rotatable bonds is 3. The highest BCUT2D eigenvalue weighted by Gasteiger charge is 2.03. The summed E-state index contributed by atoms with van der Waals surface area (Å²) >= 11 is 11.9. The molecule has 0 saturated heterocycles. The molecule has 0 bridgehead atoms. The Morgan fingerprint density at radius 2 is 1.89 bits per heavy atom. The van der Waals surface area contributed by atoms with Crippen LogP contribution in [0.5, 0.6) is 0 Å². The summed E-state index contributed by atoms with van der Waals surface area (Å²) in [5.74, 6) is 0. The van der Waals surface area contributed by atoms with Crippen LogP contribution < -0.4 is 5.32 Å². The lowest BCUT2D eigenvalue weighted by Crippen LogP contribution is -1.94. The van der Waals surface area contributed by atoms with Crippen LogP contribution in [0.2, 0.25) is 10.0 Å². The van der Waals surface area contributed by atoms with E-state index in [1.807, 2.05) is 31.2 Å². The van der Waals surface area contributed by atoms with Crippen LogP contribution in [-0.2, 0) is 0 Å². The van der Waals surface area contributed by atoms with Crippen molar-refractivity contribution < 1.29 is 4.79 Å². The Balaban J connectivity index is 2.28. The maximum absolute atomic E-state index is 10.7. The van der Waals surface area contributed by atoms with Gasteiger partial charge in [0.1, 0.15) is 0 Å². The number of aldehydes is 1. The van der Waals surface area contributed by atoms with Gasteiger partial charge in [-0.05, 0) is 48.9 Å². The Labute approximate surface area is 116 Å². The molecule has 0 saturated carbocycles. The highest BCUT2D eigenvalue weighted by atomic mass is 35.5. The van der Waals surface area contributed by atoms with Gasteiger partial charge in [0.05, 0.1) is 5.02 Å². The fraction of sp³-hybridized carbons (Fsp3) is 0.0714. The summed E-state index contributed by atoms with van der Waals surface area (Å²) in [6, 6.07) is 10.8. The van der Waals surface area contributed by atoms with Crippen molar-refractivity contribution in [2.45, 2.75) is 6.92 Å². The van der Waals surface area contributed by atoms with Crippen molar-refractivity contribution >= 4 is 40.9 Å². The smallest absolute Gasteiger partial charge is 0.151 e. The highest BCUT2D eigenvalue weighted by molar-refractivity contribution is 6.33. The van der Waals surface area contributed by atoms with E-state index in [9.17, 15) is 4.79 Å². The number of nitrogens with one attached hydrogen (secondary N) is 1. The number of anilines is 2. The van der Waals surface area contributed by atoms with E-state index in [0.29, 0.717) is 15.6 Å². The van der Waals surface area contributed by atoms with Crippen molar-refractivity contribution in [3.8, 4) is 0 Å². The van der Waals surface area contributed by atoms with E-state index in [1.54, 1.807) is 12.1 Å². The van der Waals surface area contributed by atoms with Crippen molar-refractivity contribution in [3.05, 3.63) is 57.6 Å². The van der Waals surface area contributed by atoms with Gasteiger partial charge in [0.25, 0.3) is 0 Å². The molecule has 0 aliphatic rings. The van der Waals surface area contributed by atoms with Crippen molar-refractivity contribution in [1.82, 2.24) is 0 Å². The molecule has 2 nitrogen and oxygen atoms in total. The summed E-state index contributed by atoms with van der Waals surface area (Å²) in [6.07, 6.45) is 0.736. The summed E-state index contributed by atoms with van der Waals surface area (Å²) in [5, 5.41) is 4.37. The van der Waals surface area contributed by atoms with Gasteiger partial charge in [-0.2, -0.15) is 0 Å². The SMILES string of the molecule is Cc1cc(Cl)ccc1Nc1ccc(C=O)c(Cl)c1. The van der Waals surface area contributed by atoms with E-state index in [4.69, 9.17) is 23.2 Å². The Kier molecular flexibility index (Phi) is 3.90. The molecule has 0 spiro atoms. The van der Waals surface area contributed by atoms with Crippen LogP contribution in [0.4, 0.5) is 11.4 Å². The number of hydrogen-bond donors (Lipinski definition) is 1. The Bertz CT molecular complexity index is 596. The van der Waals surface area contributed by atoms with Gasteiger partial charge in [-0.25, -0.2) is 0 Å². The molecule has 0 aliphatic carbocycles. The lowest BCUT2D eigenvalue weighted by Gasteiger charge is -2.10. The van der Waals surface area contributed by atoms with Crippen molar-refractivity contribution in [3.63, 3.8) is 0 Å². The molecule has 4 heteroatoms. The first kappa shape index (κ1) is 12.9. The number of carbonyl (C=O) groups excluding carboxylic acids is 1. The van der Waals surface area contributed by atoms with E-state index >= 15 is 0 Å². The van der Waals surface area contributed by atoms with Crippen molar-refractivity contribution in [2.75, 3.05) is 5.32 Å². The van der Waals surface area contributed by atoms with Gasteiger partial charge in [-0.15, -0.1) is 0 Å². The molecule has 2 rings (SSSR count). The highest BCUT2D eigenvalue weighted by Crippen LogP contribution is 2.26. The molecule has 0 atom stereocenters. The number of benzene rings is 2. The quantitative estimate of drug-likeness (QED) is 0.813. The van der Waals surface area contributed by atoms with Gasteiger partial charge in [0.2, 0.25) is 0 Å². The van der Waals surface area contributed by atoms with Gasteiger partial charge >= 0.3 is 0 Å². The monoisotopic (exact) mass is 279 g/mol. The van der Waals surface area contributed by atoms with Crippen LogP contribution in [0.25, 0.3) is 0 Å². The van der Waals surface area contributed by atoms with Crippen molar-refractivity contribution in [1.29, 1.82) is 0 Å². The lowest BCUT2D eigenvalue weighted by molar-refractivity contribution is 0.112. The summed E-state index contributed by atoms with van der Waals surface area (Å²) < 4.78 is 0. The second kappa shape index (κ2) is 5.42. The molecule has 0 radical (unpaired) electrons. The first-order valence-corrected chi connectivity index (χ1v) is 6.13. The molecule has 18 heavy (non-hydrogen) atoms. The topological polar surface area (TPSA) is 29.1 Å². The average Bonchev–Trinajstić information content (AvgIpc) is 2.33. The van der Waals surface area contributed by atoms with Crippen LogP contribution in [0.15, 0.2) is 36.4 Å². The fourth-order valence-corrected chi connectivity index (χ4v) is 2.08. The molecule has 0 fully saturated rings. The fourth-order valence-electron chi connectivity index (χ4n) is 1.62. The molecule has 0 unspecified atom stereocenters. The summed E-state index contributed by atoms with van der Waals surface area (Å²) in [7, 11) is 0. The largest absolute Gasteiger partial charge is 0.355 e. The van der Waals surface area contributed by atoms with Gasteiger partial charge in [0.15, 0.2) is 6.29 Å². The standard InChI is InChI=1S/C14H11Cl2NO/c1-9-6-11(15)3-5-14(9)17-12-4-2-10(8-18)13(16)7-12/h2-8,17H,1H3. The molecule has 1 N–H and O–H groups in total. The minimum Gasteiger partial charge on any atom is -0.355 e. The van der Waals surface area contributed by atoms with E-state index < -0.39 is 0 Å². The zero-order chi connectivity index (χ0) is 13.1. The zero-order valence-corrected chi connectivity index (χ0v) is 11.2. The second-order valence-corrected chi connectivity index (χ2v) is 4.78. The predicted molar refractivity (Wildman–Crippen MR) is 76.3 cm³/mol. The van der Waals surface area contributed by atoms with Gasteiger partial charge in [-0.1, -0.05) is 23.2 Å². The predicted octanol–water partition coefficient (Wildman–Crippen LogP) is 4.86. The van der Waals surface area contributed by atoms with Gasteiger partial charge in [0, 0.05) is 22.0 Å². The minimum atomic E-state index is 0.432. The van der Waals surface area contributed by atoms with Gasteiger partial charge < -0.3 is 5.32 Å². The third-order valence-electron chi connectivity index (χ3n) is 2.59. The Morgan fingerprint density at radius 1 is 1.11 bits per heavy atom. The first-order chi connectivity index (χ1) is 8.60. The average molecular weight is 280 g/mol. The van der Waals surface area contributed by atoms with Crippen LogP contribution in [0, 0.1) is 6.92 Å². The summed E-state index contributed by atoms with van der Waals surface area (Å²) in [6.45, 7) is 1.97. The maximum Gasteiger partial charge on any atom is 0.151 e. The molecule has 92 valence electrons.